The first-order valence-electron chi connectivity index (χ1n) is 8.12. The number of anilines is 1. The van der Waals surface area contributed by atoms with E-state index < -0.39 is 9.84 Å². The molecule has 1 saturated heterocycles. The van der Waals surface area contributed by atoms with Crippen LogP contribution in [0.25, 0.3) is 0 Å². The predicted molar refractivity (Wildman–Crippen MR) is 108 cm³/mol. The summed E-state index contributed by atoms with van der Waals surface area (Å²) in [6.07, 6.45) is 0. The lowest BCUT2D eigenvalue weighted by atomic mass is 10.1. The summed E-state index contributed by atoms with van der Waals surface area (Å²) < 4.78 is 38.9. The molecule has 0 bridgehead atoms. The molecule has 26 heavy (non-hydrogen) atoms. The van der Waals surface area contributed by atoms with Crippen molar-refractivity contribution < 1.29 is 12.8 Å². The van der Waals surface area contributed by atoms with E-state index in [-0.39, 0.29) is 29.4 Å². The quantitative estimate of drug-likeness (QED) is 0.706. The van der Waals surface area contributed by atoms with E-state index in [4.69, 9.17) is 0 Å². The van der Waals surface area contributed by atoms with E-state index in [9.17, 15) is 12.8 Å². The highest BCUT2D eigenvalue weighted by molar-refractivity contribution is 9.10. The van der Waals surface area contributed by atoms with Crippen molar-refractivity contribution in [2.24, 2.45) is 4.99 Å². The molecule has 0 aromatic heterocycles. The molecule has 2 atom stereocenters. The summed E-state index contributed by atoms with van der Waals surface area (Å²) in [7, 11) is -3.07. The van der Waals surface area contributed by atoms with Crippen molar-refractivity contribution in [3.8, 4) is 0 Å². The van der Waals surface area contributed by atoms with Crippen LogP contribution in [0.1, 0.15) is 5.56 Å². The molecule has 8 heteroatoms. The summed E-state index contributed by atoms with van der Waals surface area (Å²) in [5.74, 6) is 0.359. The molecule has 4 rings (SSSR count). The standard InChI is InChI=1S/C18H16BrFN2O2S2/c19-13-7-6-12(15(20)8-13)9-25-18-21-16-10-26(23,24)11-17(16)22(18)14-4-2-1-3-5-14/h1-8,16-17H,9-11H2/t16-,17-/m1/s1. The Morgan fingerprint density at radius 1 is 1.19 bits per heavy atom. The van der Waals surface area contributed by atoms with Crippen molar-refractivity contribution >= 4 is 48.4 Å². The van der Waals surface area contributed by atoms with Crippen LogP contribution in [-0.2, 0) is 15.6 Å². The Labute approximate surface area is 164 Å². The third kappa shape index (κ3) is 3.54. The van der Waals surface area contributed by atoms with Gasteiger partial charge in [-0.25, -0.2) is 12.8 Å². The van der Waals surface area contributed by atoms with Gasteiger partial charge in [0, 0.05) is 15.9 Å². The largest absolute Gasteiger partial charge is 0.315 e. The first-order valence-corrected chi connectivity index (χ1v) is 11.7. The lowest BCUT2D eigenvalue weighted by molar-refractivity contribution is 0.601. The Bertz CT molecular complexity index is 966. The van der Waals surface area contributed by atoms with E-state index in [2.05, 4.69) is 20.9 Å². The molecule has 0 aliphatic carbocycles. The smallest absolute Gasteiger partial charge is 0.164 e. The van der Waals surface area contributed by atoms with Crippen LogP contribution in [0.4, 0.5) is 10.1 Å². The minimum Gasteiger partial charge on any atom is -0.315 e. The van der Waals surface area contributed by atoms with Crippen LogP contribution in [0.15, 0.2) is 58.0 Å². The van der Waals surface area contributed by atoms with Crippen LogP contribution in [0.2, 0.25) is 0 Å². The van der Waals surface area contributed by atoms with Gasteiger partial charge in [-0.05, 0) is 29.8 Å². The van der Waals surface area contributed by atoms with Gasteiger partial charge in [0.1, 0.15) is 5.82 Å². The Hall–Kier alpha value is -1.38. The number of rotatable bonds is 3. The number of benzene rings is 2. The summed E-state index contributed by atoms with van der Waals surface area (Å²) in [6.45, 7) is 0. The molecular formula is C18H16BrFN2O2S2. The van der Waals surface area contributed by atoms with Crippen LogP contribution < -0.4 is 4.90 Å². The van der Waals surface area contributed by atoms with Crippen LogP contribution >= 0.6 is 27.7 Å². The van der Waals surface area contributed by atoms with Crippen molar-refractivity contribution in [3.63, 3.8) is 0 Å². The molecule has 2 aromatic carbocycles. The van der Waals surface area contributed by atoms with Crippen molar-refractivity contribution in [2.75, 3.05) is 16.4 Å². The second-order valence-corrected chi connectivity index (χ2v) is 10.4. The molecule has 136 valence electrons. The molecular weight excluding hydrogens is 439 g/mol. The molecule has 1 fully saturated rings. The zero-order valence-corrected chi connectivity index (χ0v) is 16.9. The Morgan fingerprint density at radius 2 is 1.96 bits per heavy atom. The fourth-order valence-electron chi connectivity index (χ4n) is 3.30. The Kier molecular flexibility index (Phi) is 4.83. The molecule has 0 saturated carbocycles. The number of fused-ring (bicyclic) bond motifs is 1. The van der Waals surface area contributed by atoms with Crippen molar-refractivity contribution in [3.05, 3.63) is 64.4 Å². The van der Waals surface area contributed by atoms with Gasteiger partial charge in [-0.2, -0.15) is 0 Å². The first kappa shape index (κ1) is 18.0. The van der Waals surface area contributed by atoms with Crippen molar-refractivity contribution in [2.45, 2.75) is 17.8 Å². The SMILES string of the molecule is O=S1(=O)C[C@@H]2[C@@H](C1)N=C(SCc1ccc(Br)cc1F)N2c1ccccc1. The van der Waals surface area contributed by atoms with E-state index in [1.54, 1.807) is 6.07 Å². The fourth-order valence-corrected chi connectivity index (χ4v) is 6.59. The van der Waals surface area contributed by atoms with E-state index in [1.165, 1.54) is 17.8 Å². The lowest BCUT2D eigenvalue weighted by Gasteiger charge is -2.26. The van der Waals surface area contributed by atoms with Gasteiger partial charge in [-0.15, -0.1) is 0 Å². The molecule has 0 amide bonds. The minimum absolute atomic E-state index is 0.0811. The van der Waals surface area contributed by atoms with Gasteiger partial charge in [0.05, 0.1) is 23.6 Å². The fraction of sp³-hybridized carbons (Fsp3) is 0.278. The van der Waals surface area contributed by atoms with Crippen LogP contribution in [-0.4, -0.2) is 37.2 Å². The maximum Gasteiger partial charge on any atom is 0.164 e. The van der Waals surface area contributed by atoms with Crippen molar-refractivity contribution in [1.82, 2.24) is 0 Å². The van der Waals surface area contributed by atoms with Gasteiger partial charge in [0.25, 0.3) is 0 Å². The third-order valence-electron chi connectivity index (χ3n) is 4.51. The molecule has 0 spiro atoms. The highest BCUT2D eigenvalue weighted by Gasteiger charge is 2.47. The van der Waals surface area contributed by atoms with Gasteiger partial charge >= 0.3 is 0 Å². The molecule has 2 aromatic rings. The molecule has 0 N–H and O–H groups in total. The zero-order chi connectivity index (χ0) is 18.3. The maximum atomic E-state index is 14.1. The number of halogens is 2. The van der Waals surface area contributed by atoms with E-state index in [0.29, 0.717) is 15.8 Å². The molecule has 0 unspecified atom stereocenters. The molecule has 0 radical (unpaired) electrons. The zero-order valence-electron chi connectivity index (χ0n) is 13.7. The van der Waals surface area contributed by atoms with Gasteiger partial charge < -0.3 is 4.90 Å². The average Bonchev–Trinajstić information content (AvgIpc) is 3.06. The number of hydrogen-bond acceptors (Lipinski definition) is 5. The van der Waals surface area contributed by atoms with E-state index in [1.807, 2.05) is 41.3 Å². The third-order valence-corrected chi connectivity index (χ3v) is 7.72. The minimum atomic E-state index is -3.07. The highest BCUT2D eigenvalue weighted by Crippen LogP contribution is 2.36. The van der Waals surface area contributed by atoms with Gasteiger partial charge in [0.2, 0.25) is 0 Å². The number of sulfone groups is 1. The van der Waals surface area contributed by atoms with E-state index >= 15 is 0 Å². The first-order chi connectivity index (χ1) is 12.4. The van der Waals surface area contributed by atoms with Gasteiger partial charge in [0.15, 0.2) is 15.0 Å². The highest BCUT2D eigenvalue weighted by atomic mass is 79.9. The Morgan fingerprint density at radius 3 is 2.69 bits per heavy atom. The van der Waals surface area contributed by atoms with Crippen LogP contribution in [0, 0.1) is 5.82 Å². The van der Waals surface area contributed by atoms with Crippen molar-refractivity contribution in [1.29, 1.82) is 0 Å². The Balaban J connectivity index is 1.61. The molecule has 2 aliphatic heterocycles. The van der Waals surface area contributed by atoms with E-state index in [0.717, 1.165) is 10.9 Å². The van der Waals surface area contributed by atoms with Crippen LogP contribution in [0.3, 0.4) is 0 Å². The van der Waals surface area contributed by atoms with Crippen LogP contribution in [0.5, 0.6) is 0 Å². The molecule has 2 aliphatic rings. The number of aliphatic imine (C=N–C) groups is 1. The topological polar surface area (TPSA) is 49.7 Å². The maximum absolute atomic E-state index is 14.1. The second kappa shape index (κ2) is 6.98. The number of amidine groups is 1. The molecule has 4 nitrogen and oxygen atoms in total. The molecule has 2 heterocycles. The normalized spacial score (nSPS) is 23.8. The number of hydrogen-bond donors (Lipinski definition) is 0. The second-order valence-electron chi connectivity index (χ2n) is 6.35. The summed E-state index contributed by atoms with van der Waals surface area (Å²) in [5, 5.41) is 0.753. The summed E-state index contributed by atoms with van der Waals surface area (Å²) in [5.41, 5.74) is 1.51. The van der Waals surface area contributed by atoms with Gasteiger partial charge in [-0.1, -0.05) is 52.0 Å². The summed E-state index contributed by atoms with van der Waals surface area (Å²) >= 11 is 4.70. The monoisotopic (exact) mass is 454 g/mol. The predicted octanol–water partition coefficient (Wildman–Crippen LogP) is 3.86. The lowest BCUT2D eigenvalue weighted by Crippen LogP contribution is -2.39. The summed E-state index contributed by atoms with van der Waals surface area (Å²) in [6, 6.07) is 14.2. The number of para-hydroxylation sites is 1. The number of thioether (sulfide) groups is 1. The average molecular weight is 455 g/mol. The van der Waals surface area contributed by atoms with Gasteiger partial charge in [-0.3, -0.25) is 4.99 Å². The summed E-state index contributed by atoms with van der Waals surface area (Å²) in [4.78, 5) is 6.66. The number of nitrogens with zero attached hydrogens (tertiary/aromatic N) is 2.